The van der Waals surface area contributed by atoms with Gasteiger partial charge in [0.25, 0.3) is 0 Å². The average Bonchev–Trinajstić information content (AvgIpc) is 2.80. The third kappa shape index (κ3) is 3.09. The van der Waals surface area contributed by atoms with Gasteiger partial charge in [-0.15, -0.1) is 0 Å². The highest BCUT2D eigenvalue weighted by molar-refractivity contribution is 4.92. The van der Waals surface area contributed by atoms with Gasteiger partial charge < -0.3 is 10.3 Å². The number of rotatable bonds is 4. The molecular weight excluding hydrogens is 228 g/mol. The molecule has 2 atom stereocenters. The molecule has 102 valence electrons. The Labute approximate surface area is 109 Å². The van der Waals surface area contributed by atoms with Crippen molar-refractivity contribution in [1.29, 1.82) is 0 Å². The summed E-state index contributed by atoms with van der Waals surface area (Å²) in [7, 11) is 0. The molecule has 2 unspecified atom stereocenters. The number of nitrogens with zero attached hydrogens (tertiary/aromatic N) is 3. The molecule has 2 rings (SSSR count). The minimum Gasteiger partial charge on any atom is -0.338 e. The number of hydrogen-bond acceptors (Lipinski definition) is 5. The quantitative estimate of drug-likeness (QED) is 0.884. The highest BCUT2D eigenvalue weighted by atomic mass is 16.5. The lowest BCUT2D eigenvalue weighted by molar-refractivity contribution is 0.131. The van der Waals surface area contributed by atoms with E-state index in [-0.39, 0.29) is 0 Å². The Bertz CT molecular complexity index is 377. The highest BCUT2D eigenvalue weighted by Gasteiger charge is 2.26. The summed E-state index contributed by atoms with van der Waals surface area (Å²) >= 11 is 0. The molecule has 0 aliphatic carbocycles. The Hall–Kier alpha value is -0.940. The summed E-state index contributed by atoms with van der Waals surface area (Å²) in [6.45, 7) is 9.16. The first-order chi connectivity index (χ1) is 8.60. The zero-order valence-electron chi connectivity index (χ0n) is 11.6. The number of likely N-dealkylation sites (tertiary alicyclic amines) is 1. The van der Waals surface area contributed by atoms with Crippen molar-refractivity contribution in [1.82, 2.24) is 15.0 Å². The Kier molecular flexibility index (Phi) is 4.35. The smallest absolute Gasteiger partial charge is 0.240 e. The van der Waals surface area contributed by atoms with E-state index >= 15 is 0 Å². The fourth-order valence-corrected chi connectivity index (χ4v) is 2.46. The van der Waals surface area contributed by atoms with Gasteiger partial charge in [-0.05, 0) is 12.3 Å². The van der Waals surface area contributed by atoms with Crippen LogP contribution in [0.3, 0.4) is 0 Å². The van der Waals surface area contributed by atoms with Gasteiger partial charge in [-0.3, -0.25) is 4.90 Å². The summed E-state index contributed by atoms with van der Waals surface area (Å²) < 4.78 is 5.29. The number of aromatic nitrogens is 2. The predicted molar refractivity (Wildman–Crippen MR) is 70.0 cm³/mol. The number of hydrogen-bond donors (Lipinski definition) is 1. The molecule has 1 fully saturated rings. The van der Waals surface area contributed by atoms with Crippen molar-refractivity contribution >= 4 is 0 Å². The van der Waals surface area contributed by atoms with Crippen LogP contribution in [0.25, 0.3) is 0 Å². The van der Waals surface area contributed by atoms with Gasteiger partial charge in [0.15, 0.2) is 5.82 Å². The fraction of sp³-hybridized carbons (Fsp3) is 0.846. The van der Waals surface area contributed by atoms with Crippen LogP contribution in [0, 0.1) is 5.92 Å². The normalized spacial score (nSPS) is 25.8. The Morgan fingerprint density at radius 3 is 2.89 bits per heavy atom. The van der Waals surface area contributed by atoms with Crippen LogP contribution >= 0.6 is 0 Å². The molecule has 5 nitrogen and oxygen atoms in total. The van der Waals surface area contributed by atoms with Crippen molar-refractivity contribution in [2.24, 2.45) is 11.7 Å². The summed E-state index contributed by atoms with van der Waals surface area (Å²) in [4.78, 5) is 6.79. The third-order valence-corrected chi connectivity index (χ3v) is 3.76. The minimum absolute atomic E-state index is 0.320. The van der Waals surface area contributed by atoms with Crippen molar-refractivity contribution in [2.75, 3.05) is 13.1 Å². The number of nitrogens with two attached hydrogens (primary N) is 1. The highest BCUT2D eigenvalue weighted by Crippen LogP contribution is 2.20. The van der Waals surface area contributed by atoms with Gasteiger partial charge in [-0.2, -0.15) is 4.98 Å². The second-order valence-corrected chi connectivity index (χ2v) is 5.56. The van der Waals surface area contributed by atoms with E-state index < -0.39 is 0 Å². The molecule has 2 heterocycles. The van der Waals surface area contributed by atoms with E-state index in [2.05, 4.69) is 35.8 Å². The maximum atomic E-state index is 6.11. The van der Waals surface area contributed by atoms with Gasteiger partial charge in [0.2, 0.25) is 5.89 Å². The van der Waals surface area contributed by atoms with Gasteiger partial charge >= 0.3 is 0 Å². The molecule has 0 amide bonds. The topological polar surface area (TPSA) is 68.2 Å². The third-order valence-electron chi connectivity index (χ3n) is 3.76. The van der Waals surface area contributed by atoms with Crippen molar-refractivity contribution in [3.8, 4) is 0 Å². The SMILES string of the molecule is CCC1CN(Cc2nc(C(C)C)no2)CCC1N. The Balaban J connectivity index is 1.92. The zero-order chi connectivity index (χ0) is 13.1. The monoisotopic (exact) mass is 252 g/mol. The van der Waals surface area contributed by atoms with E-state index in [1.807, 2.05) is 0 Å². The maximum Gasteiger partial charge on any atom is 0.240 e. The van der Waals surface area contributed by atoms with Gasteiger partial charge in [-0.1, -0.05) is 32.3 Å². The van der Waals surface area contributed by atoms with Gasteiger partial charge in [-0.25, -0.2) is 0 Å². The van der Waals surface area contributed by atoms with E-state index in [4.69, 9.17) is 10.3 Å². The van der Waals surface area contributed by atoms with Crippen LogP contribution in [-0.4, -0.2) is 34.2 Å². The molecule has 1 aliphatic heterocycles. The zero-order valence-corrected chi connectivity index (χ0v) is 11.6. The van der Waals surface area contributed by atoms with Crippen LogP contribution in [0.2, 0.25) is 0 Å². The average molecular weight is 252 g/mol. The summed E-state index contributed by atoms with van der Waals surface area (Å²) in [5.74, 6) is 2.43. The molecule has 1 aromatic heterocycles. The van der Waals surface area contributed by atoms with E-state index in [9.17, 15) is 0 Å². The lowest BCUT2D eigenvalue weighted by Crippen LogP contribution is -2.46. The molecule has 5 heteroatoms. The molecular formula is C13H24N4O. The molecule has 1 saturated heterocycles. The van der Waals surface area contributed by atoms with Crippen molar-refractivity contribution in [3.63, 3.8) is 0 Å². The maximum absolute atomic E-state index is 6.11. The largest absolute Gasteiger partial charge is 0.338 e. The molecule has 2 N–H and O–H groups in total. The summed E-state index contributed by atoms with van der Waals surface area (Å²) in [6, 6.07) is 0.347. The molecule has 0 spiro atoms. The predicted octanol–water partition coefficient (Wildman–Crippen LogP) is 1.75. The lowest BCUT2D eigenvalue weighted by atomic mass is 9.91. The lowest BCUT2D eigenvalue weighted by Gasteiger charge is -2.35. The van der Waals surface area contributed by atoms with Crippen molar-refractivity contribution in [3.05, 3.63) is 11.7 Å². The molecule has 0 radical (unpaired) electrons. The van der Waals surface area contributed by atoms with Crippen LogP contribution in [0.4, 0.5) is 0 Å². The van der Waals surface area contributed by atoms with Gasteiger partial charge in [0, 0.05) is 25.0 Å². The van der Waals surface area contributed by atoms with E-state index in [1.54, 1.807) is 0 Å². The molecule has 18 heavy (non-hydrogen) atoms. The first-order valence-electron chi connectivity index (χ1n) is 6.90. The number of piperidine rings is 1. The van der Waals surface area contributed by atoms with Gasteiger partial charge in [0.05, 0.1) is 6.54 Å². The molecule has 0 saturated carbocycles. The van der Waals surface area contributed by atoms with Crippen LogP contribution in [0.5, 0.6) is 0 Å². The van der Waals surface area contributed by atoms with Crippen LogP contribution < -0.4 is 5.73 Å². The molecule has 0 aromatic carbocycles. The second-order valence-electron chi connectivity index (χ2n) is 5.56. The minimum atomic E-state index is 0.320. The fourth-order valence-electron chi connectivity index (χ4n) is 2.46. The van der Waals surface area contributed by atoms with E-state index in [0.717, 1.165) is 44.2 Å². The second kappa shape index (κ2) is 5.80. The first kappa shape index (κ1) is 13.5. The summed E-state index contributed by atoms with van der Waals surface area (Å²) in [5.41, 5.74) is 6.11. The standard InChI is InChI=1S/C13H24N4O/c1-4-10-7-17(6-5-11(10)14)8-12-15-13(9(2)3)16-18-12/h9-11H,4-8,14H2,1-3H3. The molecule has 1 aromatic rings. The van der Waals surface area contributed by atoms with Gasteiger partial charge in [0.1, 0.15) is 0 Å². The van der Waals surface area contributed by atoms with Crippen molar-refractivity contribution < 1.29 is 4.52 Å². The van der Waals surface area contributed by atoms with Crippen LogP contribution in [0.15, 0.2) is 4.52 Å². The van der Waals surface area contributed by atoms with E-state index in [1.165, 1.54) is 0 Å². The summed E-state index contributed by atoms with van der Waals surface area (Å²) in [6.07, 6.45) is 2.20. The van der Waals surface area contributed by atoms with Crippen LogP contribution in [0.1, 0.15) is 51.2 Å². The van der Waals surface area contributed by atoms with E-state index in [0.29, 0.717) is 17.9 Å². The van der Waals surface area contributed by atoms with Crippen LogP contribution in [-0.2, 0) is 6.54 Å². The Morgan fingerprint density at radius 2 is 2.28 bits per heavy atom. The summed E-state index contributed by atoms with van der Waals surface area (Å²) in [5, 5.41) is 4.00. The molecule has 0 bridgehead atoms. The first-order valence-corrected chi connectivity index (χ1v) is 6.90. The molecule has 1 aliphatic rings. The van der Waals surface area contributed by atoms with Crippen molar-refractivity contribution in [2.45, 2.75) is 52.1 Å². The Morgan fingerprint density at radius 1 is 1.50 bits per heavy atom.